The zero-order valence-electron chi connectivity index (χ0n) is 15.9. The summed E-state index contributed by atoms with van der Waals surface area (Å²) >= 11 is 0. The number of halogens is 1. The van der Waals surface area contributed by atoms with Gasteiger partial charge in [-0.25, -0.2) is 9.18 Å². The molecule has 2 heterocycles. The number of aliphatic hydroxyl groups is 1. The number of rotatable bonds is 3. The van der Waals surface area contributed by atoms with Crippen LogP contribution in [0.1, 0.15) is 45.1 Å². The van der Waals surface area contributed by atoms with Crippen LogP contribution in [0.5, 0.6) is 0 Å². The first-order valence-electron chi connectivity index (χ1n) is 9.51. The van der Waals surface area contributed by atoms with Crippen molar-refractivity contribution < 1.29 is 19.1 Å². The molecule has 3 N–H and O–H groups in total. The Balaban J connectivity index is 1.55. The maximum absolute atomic E-state index is 13.9. The highest BCUT2D eigenvalue weighted by atomic mass is 19.1. The molecule has 1 aromatic rings. The van der Waals surface area contributed by atoms with Crippen molar-refractivity contribution >= 4 is 11.9 Å². The summed E-state index contributed by atoms with van der Waals surface area (Å²) in [5.41, 5.74) is -0.999. The van der Waals surface area contributed by atoms with E-state index in [1.54, 1.807) is 23.1 Å². The Kier molecular flexibility index (Phi) is 5.42. The molecule has 27 heavy (non-hydrogen) atoms. The molecule has 6 nitrogen and oxygen atoms in total. The number of urea groups is 1. The molecule has 2 aliphatic heterocycles. The quantitative estimate of drug-likeness (QED) is 0.753. The number of hydrogen-bond donors (Lipinski definition) is 3. The number of hydrogen-bond acceptors (Lipinski definition) is 3. The summed E-state index contributed by atoms with van der Waals surface area (Å²) < 4.78 is 13.9. The summed E-state index contributed by atoms with van der Waals surface area (Å²) in [6.07, 6.45) is 2.06. The van der Waals surface area contributed by atoms with E-state index in [0.717, 1.165) is 0 Å². The van der Waals surface area contributed by atoms with E-state index in [9.17, 15) is 19.1 Å². The molecule has 7 heteroatoms. The summed E-state index contributed by atoms with van der Waals surface area (Å²) in [7, 11) is 0. The van der Waals surface area contributed by atoms with Gasteiger partial charge in [-0.15, -0.1) is 0 Å². The van der Waals surface area contributed by atoms with Gasteiger partial charge in [-0.05, 0) is 44.7 Å². The largest absolute Gasteiger partial charge is 0.389 e. The highest BCUT2D eigenvalue weighted by molar-refractivity contribution is 5.79. The fourth-order valence-corrected chi connectivity index (χ4v) is 3.94. The predicted octanol–water partition coefficient (Wildman–Crippen LogP) is 1.96. The molecule has 0 bridgehead atoms. The lowest BCUT2D eigenvalue weighted by molar-refractivity contribution is -0.125. The van der Waals surface area contributed by atoms with Crippen LogP contribution < -0.4 is 10.6 Å². The highest BCUT2D eigenvalue weighted by Gasteiger charge is 2.39. The minimum Gasteiger partial charge on any atom is -0.389 e. The van der Waals surface area contributed by atoms with Crippen molar-refractivity contribution in [3.8, 4) is 0 Å². The zero-order chi connectivity index (χ0) is 19.7. The second-order valence-corrected chi connectivity index (χ2v) is 8.29. The minimum absolute atomic E-state index is 0.00156. The van der Waals surface area contributed by atoms with Gasteiger partial charge in [0.15, 0.2) is 0 Å². The third-order valence-corrected chi connectivity index (χ3v) is 5.75. The van der Waals surface area contributed by atoms with E-state index in [2.05, 4.69) is 10.6 Å². The van der Waals surface area contributed by atoms with Crippen molar-refractivity contribution in [2.24, 2.45) is 0 Å². The Hall–Kier alpha value is -2.15. The first kappa shape index (κ1) is 19.6. The highest BCUT2D eigenvalue weighted by Crippen LogP contribution is 2.28. The lowest BCUT2D eigenvalue weighted by atomic mass is 9.85. The number of nitrogens with one attached hydrogen (secondary N) is 2. The number of benzene rings is 1. The molecular weight excluding hydrogens is 349 g/mol. The zero-order valence-corrected chi connectivity index (χ0v) is 15.9. The number of piperidine rings is 2. The molecule has 0 saturated carbocycles. The van der Waals surface area contributed by atoms with Crippen LogP contribution in [0.15, 0.2) is 24.3 Å². The molecule has 3 rings (SSSR count). The van der Waals surface area contributed by atoms with Gasteiger partial charge in [0, 0.05) is 25.9 Å². The molecule has 2 fully saturated rings. The smallest absolute Gasteiger partial charge is 0.317 e. The fourth-order valence-electron chi connectivity index (χ4n) is 3.94. The number of likely N-dealkylation sites (tertiary alicyclic amines) is 1. The van der Waals surface area contributed by atoms with Crippen LogP contribution in [0, 0.1) is 5.82 Å². The number of amides is 3. The summed E-state index contributed by atoms with van der Waals surface area (Å²) in [5, 5.41) is 16.7. The summed E-state index contributed by atoms with van der Waals surface area (Å²) in [5.74, 6) is -0.311. The van der Waals surface area contributed by atoms with Gasteiger partial charge >= 0.3 is 6.03 Å². The lowest BCUT2D eigenvalue weighted by Crippen LogP contribution is -2.64. The average Bonchev–Trinajstić information content (AvgIpc) is 2.59. The van der Waals surface area contributed by atoms with E-state index in [4.69, 9.17) is 0 Å². The van der Waals surface area contributed by atoms with E-state index in [1.807, 2.05) is 13.8 Å². The molecule has 3 amide bonds. The predicted molar refractivity (Wildman–Crippen MR) is 99.6 cm³/mol. The molecule has 1 atom stereocenters. The Morgan fingerprint density at radius 2 is 2.00 bits per heavy atom. The lowest BCUT2D eigenvalue weighted by Gasteiger charge is -2.42. The Labute approximate surface area is 159 Å². The van der Waals surface area contributed by atoms with Crippen LogP contribution >= 0.6 is 0 Å². The molecule has 0 aromatic heterocycles. The van der Waals surface area contributed by atoms with Gasteiger partial charge in [-0.3, -0.25) is 4.79 Å². The standard InChI is InChI=1S/C20H28FN3O3/c1-19(2)16(7-8-17(25)23-19)22-18(26)24-11-9-20(27,10-12-24)13-14-5-3-4-6-15(14)21/h3-6,16,27H,7-13H2,1-2H3,(H,22,26)(H,23,25). The second kappa shape index (κ2) is 7.46. The summed E-state index contributed by atoms with van der Waals surface area (Å²) in [4.78, 5) is 25.9. The van der Waals surface area contributed by atoms with Gasteiger partial charge in [0.1, 0.15) is 5.82 Å². The summed E-state index contributed by atoms with van der Waals surface area (Å²) in [6.45, 7) is 4.63. The topological polar surface area (TPSA) is 81.7 Å². The van der Waals surface area contributed by atoms with Crippen LogP contribution in [0.25, 0.3) is 0 Å². The van der Waals surface area contributed by atoms with Gasteiger partial charge in [-0.1, -0.05) is 18.2 Å². The Morgan fingerprint density at radius 3 is 2.63 bits per heavy atom. The molecule has 0 radical (unpaired) electrons. The van der Waals surface area contributed by atoms with Crippen molar-refractivity contribution in [2.75, 3.05) is 13.1 Å². The Bertz CT molecular complexity index is 714. The van der Waals surface area contributed by atoms with Crippen LogP contribution in [0.3, 0.4) is 0 Å². The van der Waals surface area contributed by atoms with Gasteiger partial charge < -0.3 is 20.6 Å². The molecule has 0 aliphatic carbocycles. The van der Waals surface area contributed by atoms with Gasteiger partial charge in [0.2, 0.25) is 5.91 Å². The van der Waals surface area contributed by atoms with Crippen molar-refractivity contribution in [2.45, 2.75) is 63.1 Å². The van der Waals surface area contributed by atoms with Crippen LogP contribution in [-0.4, -0.2) is 52.2 Å². The fraction of sp³-hybridized carbons (Fsp3) is 0.600. The third-order valence-electron chi connectivity index (χ3n) is 5.75. The van der Waals surface area contributed by atoms with E-state index in [0.29, 0.717) is 44.3 Å². The molecular formula is C20H28FN3O3. The monoisotopic (exact) mass is 377 g/mol. The number of carbonyl (C=O) groups is 2. The Morgan fingerprint density at radius 1 is 1.33 bits per heavy atom. The first-order valence-corrected chi connectivity index (χ1v) is 9.51. The maximum atomic E-state index is 13.9. The van der Waals surface area contributed by atoms with Crippen LogP contribution in [0.2, 0.25) is 0 Å². The van der Waals surface area contributed by atoms with Gasteiger partial charge in [-0.2, -0.15) is 0 Å². The molecule has 1 unspecified atom stereocenters. The van der Waals surface area contributed by atoms with Gasteiger partial charge in [0.05, 0.1) is 17.2 Å². The van der Waals surface area contributed by atoms with Crippen LogP contribution in [0.4, 0.5) is 9.18 Å². The average molecular weight is 377 g/mol. The van der Waals surface area contributed by atoms with E-state index in [1.165, 1.54) is 6.07 Å². The molecule has 0 spiro atoms. The normalized spacial score (nSPS) is 24.2. The third kappa shape index (κ3) is 4.58. The molecule has 1 aromatic carbocycles. The SMILES string of the molecule is CC1(C)NC(=O)CCC1NC(=O)N1CCC(O)(Cc2ccccc2F)CC1. The second-order valence-electron chi connectivity index (χ2n) is 8.29. The summed E-state index contributed by atoms with van der Waals surface area (Å²) in [6, 6.07) is 6.15. The van der Waals surface area contributed by atoms with Gasteiger partial charge in [0.25, 0.3) is 0 Å². The van der Waals surface area contributed by atoms with Crippen molar-refractivity contribution in [3.63, 3.8) is 0 Å². The number of carbonyl (C=O) groups excluding carboxylic acids is 2. The van der Waals surface area contributed by atoms with Crippen LogP contribution in [-0.2, 0) is 11.2 Å². The first-order chi connectivity index (χ1) is 12.7. The molecule has 2 saturated heterocycles. The van der Waals surface area contributed by atoms with E-state index >= 15 is 0 Å². The van der Waals surface area contributed by atoms with Crippen molar-refractivity contribution in [1.82, 2.24) is 15.5 Å². The van der Waals surface area contributed by atoms with E-state index in [-0.39, 0.29) is 30.2 Å². The number of nitrogens with zero attached hydrogens (tertiary/aromatic N) is 1. The maximum Gasteiger partial charge on any atom is 0.317 e. The molecule has 2 aliphatic rings. The molecule has 148 valence electrons. The van der Waals surface area contributed by atoms with Crippen molar-refractivity contribution in [1.29, 1.82) is 0 Å². The van der Waals surface area contributed by atoms with Crippen molar-refractivity contribution in [3.05, 3.63) is 35.6 Å². The van der Waals surface area contributed by atoms with E-state index < -0.39 is 11.1 Å². The minimum atomic E-state index is -1.00.